The van der Waals surface area contributed by atoms with E-state index in [9.17, 15) is 9.59 Å². The lowest BCUT2D eigenvalue weighted by molar-refractivity contribution is -0.122. The van der Waals surface area contributed by atoms with Crippen LogP contribution in [-0.4, -0.2) is 36.2 Å². The monoisotopic (exact) mass is 350 g/mol. The third-order valence-electron chi connectivity index (χ3n) is 4.99. The number of nitrogens with zero attached hydrogens (tertiary/aromatic N) is 1. The van der Waals surface area contributed by atoms with Crippen molar-refractivity contribution in [1.82, 2.24) is 10.2 Å². The third-order valence-corrected chi connectivity index (χ3v) is 4.99. The normalized spacial score (nSPS) is 15.6. The van der Waals surface area contributed by atoms with Crippen molar-refractivity contribution in [2.75, 3.05) is 19.6 Å². The van der Waals surface area contributed by atoms with Gasteiger partial charge in [0.25, 0.3) is 0 Å². The maximum Gasteiger partial charge on any atom is 0.234 e. The lowest BCUT2D eigenvalue weighted by atomic mass is 9.89. The second-order valence-corrected chi connectivity index (χ2v) is 7.04. The fourth-order valence-electron chi connectivity index (χ4n) is 3.36. The van der Waals surface area contributed by atoms with E-state index in [2.05, 4.69) is 29.3 Å². The molecule has 0 aromatic heterocycles. The minimum atomic E-state index is 0.0402. The molecular formula is C22H26N2O2. The number of nitrogens with one attached hydrogen (secondary N) is 1. The first kappa shape index (κ1) is 18.3. The molecule has 2 aromatic rings. The van der Waals surface area contributed by atoms with Gasteiger partial charge < -0.3 is 5.32 Å². The van der Waals surface area contributed by atoms with Crippen LogP contribution >= 0.6 is 0 Å². The van der Waals surface area contributed by atoms with E-state index in [1.165, 1.54) is 5.56 Å². The van der Waals surface area contributed by atoms with E-state index < -0.39 is 0 Å². The van der Waals surface area contributed by atoms with Crippen LogP contribution in [0.2, 0.25) is 0 Å². The highest BCUT2D eigenvalue weighted by Gasteiger charge is 2.26. The first-order valence-corrected chi connectivity index (χ1v) is 9.25. The van der Waals surface area contributed by atoms with Crippen LogP contribution in [0.5, 0.6) is 0 Å². The number of benzene rings is 2. The van der Waals surface area contributed by atoms with Gasteiger partial charge in [0.05, 0.1) is 6.54 Å². The van der Waals surface area contributed by atoms with E-state index in [1.807, 2.05) is 42.5 Å². The highest BCUT2D eigenvalue weighted by molar-refractivity contribution is 5.97. The molecule has 0 radical (unpaired) electrons. The number of carbonyl (C=O) groups is 2. The Bertz CT molecular complexity index is 732. The van der Waals surface area contributed by atoms with Crippen LogP contribution in [0.1, 0.15) is 34.3 Å². The van der Waals surface area contributed by atoms with Gasteiger partial charge in [0.1, 0.15) is 0 Å². The first-order valence-electron chi connectivity index (χ1n) is 9.25. The Kier molecular flexibility index (Phi) is 6.18. The van der Waals surface area contributed by atoms with Gasteiger partial charge in [0.2, 0.25) is 5.91 Å². The number of likely N-dealkylation sites (tertiary alicyclic amines) is 1. The Morgan fingerprint density at radius 3 is 2.31 bits per heavy atom. The standard InChI is InChI=1S/C22H26N2O2/c1-17-7-9-18(10-8-17)15-23-21(25)16-24-13-11-20(12-14-24)22(26)19-5-3-2-4-6-19/h2-10,20H,11-16H2,1H3,(H,23,25). The summed E-state index contributed by atoms with van der Waals surface area (Å²) < 4.78 is 0. The number of piperidine rings is 1. The number of ketones is 1. The zero-order chi connectivity index (χ0) is 18.4. The van der Waals surface area contributed by atoms with Crippen molar-refractivity contribution in [2.24, 2.45) is 5.92 Å². The topological polar surface area (TPSA) is 49.4 Å². The molecule has 1 aliphatic rings. The highest BCUT2D eigenvalue weighted by atomic mass is 16.2. The van der Waals surface area contributed by atoms with Gasteiger partial charge in [0.15, 0.2) is 5.78 Å². The number of amides is 1. The van der Waals surface area contributed by atoms with E-state index in [0.717, 1.165) is 37.1 Å². The van der Waals surface area contributed by atoms with Crippen LogP contribution < -0.4 is 5.32 Å². The molecule has 0 aliphatic carbocycles. The van der Waals surface area contributed by atoms with E-state index >= 15 is 0 Å². The maximum atomic E-state index is 12.5. The molecule has 4 heteroatoms. The molecule has 0 bridgehead atoms. The molecular weight excluding hydrogens is 324 g/mol. The van der Waals surface area contributed by atoms with E-state index in [-0.39, 0.29) is 17.6 Å². The number of Topliss-reactive ketones (excluding diaryl/α,β-unsaturated/α-hetero) is 1. The molecule has 0 saturated carbocycles. The fraction of sp³-hybridized carbons (Fsp3) is 0.364. The van der Waals surface area contributed by atoms with E-state index in [4.69, 9.17) is 0 Å². The number of hydrogen-bond donors (Lipinski definition) is 1. The van der Waals surface area contributed by atoms with Crippen LogP contribution in [0.4, 0.5) is 0 Å². The van der Waals surface area contributed by atoms with Gasteiger partial charge >= 0.3 is 0 Å². The van der Waals surface area contributed by atoms with Crippen LogP contribution in [0.25, 0.3) is 0 Å². The van der Waals surface area contributed by atoms with Crippen molar-refractivity contribution in [2.45, 2.75) is 26.3 Å². The predicted molar refractivity (Wildman–Crippen MR) is 103 cm³/mol. The molecule has 0 unspecified atom stereocenters. The van der Waals surface area contributed by atoms with Crippen molar-refractivity contribution in [3.63, 3.8) is 0 Å². The van der Waals surface area contributed by atoms with Gasteiger partial charge in [-0.3, -0.25) is 14.5 Å². The summed E-state index contributed by atoms with van der Waals surface area (Å²) in [6.45, 7) is 4.59. The smallest absolute Gasteiger partial charge is 0.234 e. The quantitative estimate of drug-likeness (QED) is 0.814. The van der Waals surface area contributed by atoms with Gasteiger partial charge in [-0.05, 0) is 38.4 Å². The number of aryl methyl sites for hydroxylation is 1. The van der Waals surface area contributed by atoms with Crippen LogP contribution in [0, 0.1) is 12.8 Å². The average molecular weight is 350 g/mol. The van der Waals surface area contributed by atoms with Gasteiger partial charge in [-0.25, -0.2) is 0 Å². The summed E-state index contributed by atoms with van der Waals surface area (Å²) in [5.41, 5.74) is 3.12. The van der Waals surface area contributed by atoms with Crippen molar-refractivity contribution in [1.29, 1.82) is 0 Å². The summed E-state index contributed by atoms with van der Waals surface area (Å²) in [5.74, 6) is 0.344. The Hall–Kier alpha value is -2.46. The number of carbonyl (C=O) groups excluding carboxylic acids is 2. The molecule has 2 aromatic carbocycles. The molecule has 1 aliphatic heterocycles. The molecule has 1 fully saturated rings. The van der Waals surface area contributed by atoms with Crippen molar-refractivity contribution in [3.8, 4) is 0 Å². The molecule has 136 valence electrons. The van der Waals surface area contributed by atoms with Gasteiger partial charge in [-0.1, -0.05) is 60.2 Å². The summed E-state index contributed by atoms with van der Waals surface area (Å²) in [6.07, 6.45) is 1.64. The zero-order valence-electron chi connectivity index (χ0n) is 15.3. The van der Waals surface area contributed by atoms with E-state index in [0.29, 0.717) is 13.1 Å². The summed E-state index contributed by atoms with van der Waals surface area (Å²) >= 11 is 0. The second kappa shape index (κ2) is 8.77. The van der Waals surface area contributed by atoms with Crippen molar-refractivity contribution < 1.29 is 9.59 Å². The first-order chi connectivity index (χ1) is 12.6. The van der Waals surface area contributed by atoms with Crippen LogP contribution in [-0.2, 0) is 11.3 Å². The van der Waals surface area contributed by atoms with Gasteiger partial charge in [0, 0.05) is 18.0 Å². The molecule has 1 amide bonds. The Morgan fingerprint density at radius 2 is 1.65 bits per heavy atom. The molecule has 1 heterocycles. The Morgan fingerprint density at radius 1 is 1.00 bits per heavy atom. The minimum Gasteiger partial charge on any atom is -0.351 e. The minimum absolute atomic E-state index is 0.0402. The van der Waals surface area contributed by atoms with Gasteiger partial charge in [-0.2, -0.15) is 0 Å². The van der Waals surface area contributed by atoms with Crippen LogP contribution in [0.15, 0.2) is 54.6 Å². The summed E-state index contributed by atoms with van der Waals surface area (Å²) in [5, 5.41) is 2.98. The average Bonchev–Trinajstić information content (AvgIpc) is 2.68. The lowest BCUT2D eigenvalue weighted by Crippen LogP contribution is -2.42. The zero-order valence-corrected chi connectivity index (χ0v) is 15.3. The molecule has 4 nitrogen and oxygen atoms in total. The number of hydrogen-bond acceptors (Lipinski definition) is 3. The van der Waals surface area contributed by atoms with Crippen molar-refractivity contribution >= 4 is 11.7 Å². The third kappa shape index (κ3) is 5.02. The Labute approximate surface area is 155 Å². The van der Waals surface area contributed by atoms with Gasteiger partial charge in [-0.15, -0.1) is 0 Å². The number of rotatable bonds is 6. The van der Waals surface area contributed by atoms with Crippen LogP contribution in [0.3, 0.4) is 0 Å². The summed E-state index contributed by atoms with van der Waals surface area (Å²) in [4.78, 5) is 26.8. The summed E-state index contributed by atoms with van der Waals surface area (Å²) in [6, 6.07) is 17.7. The van der Waals surface area contributed by atoms with Crippen molar-refractivity contribution in [3.05, 3.63) is 71.3 Å². The molecule has 0 atom stereocenters. The Balaban J connectivity index is 1.41. The summed E-state index contributed by atoms with van der Waals surface area (Å²) in [7, 11) is 0. The largest absolute Gasteiger partial charge is 0.351 e. The molecule has 0 spiro atoms. The maximum absolute atomic E-state index is 12.5. The SMILES string of the molecule is Cc1ccc(CNC(=O)CN2CCC(C(=O)c3ccccc3)CC2)cc1. The molecule has 3 rings (SSSR count). The predicted octanol–water partition coefficient (Wildman–Crippen LogP) is 3.21. The molecule has 26 heavy (non-hydrogen) atoms. The van der Waals surface area contributed by atoms with E-state index in [1.54, 1.807) is 0 Å². The fourth-order valence-corrected chi connectivity index (χ4v) is 3.36. The highest BCUT2D eigenvalue weighted by Crippen LogP contribution is 2.21. The molecule has 1 saturated heterocycles. The lowest BCUT2D eigenvalue weighted by Gasteiger charge is -2.30. The molecule has 1 N–H and O–H groups in total. The second-order valence-electron chi connectivity index (χ2n) is 7.04.